The highest BCUT2D eigenvalue weighted by Gasteiger charge is 2.40. The number of aliphatic imine (C=N–C) groups is 1. The molecule has 4 rings (SSSR count). The SMILES string of the molecule is COc1cc2c(c3c1OC(C)(C)C3)C(c1c(C)cc(Cl)nc1Cl)=NC(C)(C)C2. The van der Waals surface area contributed by atoms with Gasteiger partial charge in [-0.3, -0.25) is 4.99 Å². The maximum absolute atomic E-state index is 6.56. The molecule has 2 aromatic rings. The van der Waals surface area contributed by atoms with Crippen molar-refractivity contribution in [2.75, 3.05) is 7.11 Å². The molecule has 0 unspecified atom stereocenters. The Morgan fingerprint density at radius 3 is 2.43 bits per heavy atom. The molecule has 0 fully saturated rings. The fourth-order valence-corrected chi connectivity index (χ4v) is 4.90. The summed E-state index contributed by atoms with van der Waals surface area (Å²) in [7, 11) is 1.68. The van der Waals surface area contributed by atoms with Crippen molar-refractivity contribution < 1.29 is 9.47 Å². The van der Waals surface area contributed by atoms with E-state index in [4.69, 9.17) is 37.7 Å². The largest absolute Gasteiger partial charge is 0.493 e. The second kappa shape index (κ2) is 6.36. The van der Waals surface area contributed by atoms with E-state index in [2.05, 4.69) is 38.7 Å². The minimum absolute atomic E-state index is 0.272. The number of aromatic nitrogens is 1. The van der Waals surface area contributed by atoms with Gasteiger partial charge in [0.25, 0.3) is 0 Å². The first-order valence-corrected chi connectivity index (χ1v) is 10.1. The standard InChI is InChI=1S/C22H24Cl2N2O2/c1-11-7-15(23)25-20(24)16(11)18-17-12(9-21(2,3)26-18)8-14(27-6)19-13(17)10-22(4,5)28-19/h7-8H,9-10H2,1-6H3. The van der Waals surface area contributed by atoms with Crippen molar-refractivity contribution in [2.45, 2.75) is 58.6 Å². The Hall–Kier alpha value is -1.78. The molecule has 6 heteroatoms. The number of aryl methyl sites for hydroxylation is 1. The van der Waals surface area contributed by atoms with E-state index in [-0.39, 0.29) is 11.1 Å². The molecule has 1 aromatic carbocycles. The molecule has 0 atom stereocenters. The molecular formula is C22H24Cl2N2O2. The van der Waals surface area contributed by atoms with Gasteiger partial charge in [0, 0.05) is 23.1 Å². The zero-order valence-electron chi connectivity index (χ0n) is 17.0. The van der Waals surface area contributed by atoms with Gasteiger partial charge in [-0.25, -0.2) is 4.98 Å². The van der Waals surface area contributed by atoms with Gasteiger partial charge in [-0.05, 0) is 64.3 Å². The third-order valence-corrected chi connectivity index (χ3v) is 5.75. The zero-order chi connectivity index (χ0) is 20.4. The molecular weight excluding hydrogens is 395 g/mol. The topological polar surface area (TPSA) is 43.7 Å². The molecule has 0 radical (unpaired) electrons. The van der Waals surface area contributed by atoms with Crippen molar-refractivity contribution in [2.24, 2.45) is 4.99 Å². The summed E-state index contributed by atoms with van der Waals surface area (Å²) in [6.07, 6.45) is 1.59. The lowest BCUT2D eigenvalue weighted by Gasteiger charge is -2.31. The van der Waals surface area contributed by atoms with Crippen molar-refractivity contribution in [3.8, 4) is 11.5 Å². The fourth-order valence-electron chi connectivity index (χ4n) is 4.28. The van der Waals surface area contributed by atoms with Gasteiger partial charge in [-0.2, -0.15) is 0 Å². The number of benzene rings is 1. The van der Waals surface area contributed by atoms with Crippen LogP contribution < -0.4 is 9.47 Å². The Bertz CT molecular complexity index is 1000. The van der Waals surface area contributed by atoms with Crippen LogP contribution in [0.5, 0.6) is 11.5 Å². The maximum atomic E-state index is 6.56. The quantitative estimate of drug-likeness (QED) is 0.596. The fraction of sp³-hybridized carbons (Fsp3) is 0.455. The molecule has 0 saturated carbocycles. The van der Waals surface area contributed by atoms with Gasteiger partial charge in [0.15, 0.2) is 11.5 Å². The summed E-state index contributed by atoms with van der Waals surface area (Å²) >= 11 is 12.7. The smallest absolute Gasteiger partial charge is 0.166 e. The van der Waals surface area contributed by atoms with Crippen molar-refractivity contribution >= 4 is 28.9 Å². The van der Waals surface area contributed by atoms with Crippen LogP contribution in [0.2, 0.25) is 10.3 Å². The van der Waals surface area contributed by atoms with Crippen LogP contribution in [0.1, 0.15) is 55.5 Å². The van der Waals surface area contributed by atoms with Gasteiger partial charge in [0.2, 0.25) is 0 Å². The van der Waals surface area contributed by atoms with Crippen LogP contribution in [-0.4, -0.2) is 28.9 Å². The van der Waals surface area contributed by atoms with Gasteiger partial charge >= 0.3 is 0 Å². The lowest BCUT2D eigenvalue weighted by atomic mass is 9.80. The number of nitrogens with zero attached hydrogens (tertiary/aromatic N) is 2. The molecule has 2 aliphatic heterocycles. The minimum Gasteiger partial charge on any atom is -0.493 e. The van der Waals surface area contributed by atoms with E-state index in [1.54, 1.807) is 7.11 Å². The molecule has 0 amide bonds. The lowest BCUT2D eigenvalue weighted by Crippen LogP contribution is -2.31. The normalized spacial score (nSPS) is 18.8. The summed E-state index contributed by atoms with van der Waals surface area (Å²) in [5.74, 6) is 1.57. The average Bonchev–Trinajstić information content (AvgIpc) is 2.86. The van der Waals surface area contributed by atoms with Crippen molar-refractivity contribution in [1.82, 2.24) is 4.98 Å². The molecule has 0 bridgehead atoms. The van der Waals surface area contributed by atoms with Gasteiger partial charge < -0.3 is 9.47 Å². The number of halogens is 2. The Morgan fingerprint density at radius 1 is 1.07 bits per heavy atom. The molecule has 0 N–H and O–H groups in total. The Kier molecular flexibility index (Phi) is 4.44. The van der Waals surface area contributed by atoms with Crippen LogP contribution in [0.3, 0.4) is 0 Å². The van der Waals surface area contributed by atoms with Gasteiger partial charge in [-0.15, -0.1) is 0 Å². The number of fused-ring (bicyclic) bond motifs is 3. The number of methoxy groups -OCH3 is 1. The van der Waals surface area contributed by atoms with E-state index in [1.807, 2.05) is 13.0 Å². The Balaban J connectivity index is 2.04. The first-order chi connectivity index (χ1) is 13.0. The number of rotatable bonds is 2. The highest BCUT2D eigenvalue weighted by molar-refractivity contribution is 6.36. The summed E-state index contributed by atoms with van der Waals surface area (Å²) in [6, 6.07) is 3.91. The third kappa shape index (κ3) is 3.17. The molecule has 4 nitrogen and oxygen atoms in total. The number of hydrogen-bond acceptors (Lipinski definition) is 4. The summed E-state index contributed by atoms with van der Waals surface area (Å²) < 4.78 is 11.9. The number of ether oxygens (including phenoxy) is 2. The van der Waals surface area contributed by atoms with E-state index in [0.717, 1.165) is 52.3 Å². The minimum atomic E-state index is -0.306. The highest BCUT2D eigenvalue weighted by Crippen LogP contribution is 2.48. The summed E-state index contributed by atoms with van der Waals surface area (Å²) in [6.45, 7) is 10.4. The zero-order valence-corrected chi connectivity index (χ0v) is 18.5. The average molecular weight is 419 g/mol. The third-order valence-electron chi connectivity index (χ3n) is 5.28. The van der Waals surface area contributed by atoms with Crippen LogP contribution in [-0.2, 0) is 12.8 Å². The first kappa shape index (κ1) is 19.5. The molecule has 0 spiro atoms. The van der Waals surface area contributed by atoms with Gasteiger partial charge in [0.05, 0.1) is 18.4 Å². The second-order valence-corrected chi connectivity index (χ2v) is 9.58. The number of hydrogen-bond donors (Lipinski definition) is 0. The molecule has 28 heavy (non-hydrogen) atoms. The molecule has 0 aliphatic carbocycles. The lowest BCUT2D eigenvalue weighted by molar-refractivity contribution is 0.134. The molecule has 148 valence electrons. The summed E-state index contributed by atoms with van der Waals surface area (Å²) in [4.78, 5) is 9.39. The van der Waals surface area contributed by atoms with Crippen molar-refractivity contribution in [3.63, 3.8) is 0 Å². The summed E-state index contributed by atoms with van der Waals surface area (Å²) in [5, 5.41) is 0.752. The van der Waals surface area contributed by atoms with E-state index in [0.29, 0.717) is 10.3 Å². The molecule has 0 saturated heterocycles. The van der Waals surface area contributed by atoms with Gasteiger partial charge in [0.1, 0.15) is 15.9 Å². The maximum Gasteiger partial charge on any atom is 0.166 e. The van der Waals surface area contributed by atoms with Crippen LogP contribution in [0, 0.1) is 6.92 Å². The van der Waals surface area contributed by atoms with Crippen molar-refractivity contribution in [3.05, 3.63) is 50.3 Å². The molecule has 3 heterocycles. The van der Waals surface area contributed by atoms with Crippen LogP contribution in [0.4, 0.5) is 0 Å². The Morgan fingerprint density at radius 2 is 1.79 bits per heavy atom. The predicted molar refractivity (Wildman–Crippen MR) is 114 cm³/mol. The predicted octanol–water partition coefficient (Wildman–Crippen LogP) is 5.59. The van der Waals surface area contributed by atoms with Crippen LogP contribution in [0.15, 0.2) is 17.1 Å². The van der Waals surface area contributed by atoms with E-state index in [1.165, 1.54) is 5.56 Å². The Labute approximate surface area is 175 Å². The van der Waals surface area contributed by atoms with Crippen LogP contribution in [0.25, 0.3) is 0 Å². The highest BCUT2D eigenvalue weighted by atomic mass is 35.5. The summed E-state index contributed by atoms with van der Waals surface area (Å²) in [5.41, 5.74) is 5.47. The van der Waals surface area contributed by atoms with Crippen molar-refractivity contribution in [1.29, 1.82) is 0 Å². The monoisotopic (exact) mass is 418 g/mol. The molecule has 2 aliphatic rings. The van der Waals surface area contributed by atoms with E-state index in [9.17, 15) is 0 Å². The second-order valence-electron chi connectivity index (χ2n) is 8.84. The first-order valence-electron chi connectivity index (χ1n) is 9.36. The van der Waals surface area contributed by atoms with E-state index >= 15 is 0 Å². The number of pyridine rings is 1. The van der Waals surface area contributed by atoms with Crippen LogP contribution >= 0.6 is 23.2 Å². The van der Waals surface area contributed by atoms with Gasteiger partial charge in [-0.1, -0.05) is 23.2 Å². The van der Waals surface area contributed by atoms with E-state index < -0.39 is 0 Å². The molecule has 1 aromatic heterocycles.